The van der Waals surface area contributed by atoms with E-state index in [0.717, 1.165) is 0 Å². The molecule has 1 rings (SSSR count). The molecule has 0 aromatic carbocycles. The Hall–Kier alpha value is -0.830. The van der Waals surface area contributed by atoms with Gasteiger partial charge in [0, 0.05) is 5.97 Å². The normalized spacial score (nSPS) is 30.9. The molecule has 1 aliphatic rings. The third kappa shape index (κ3) is 1.84. The van der Waals surface area contributed by atoms with Gasteiger partial charge in [-0.2, -0.15) is 0 Å². The van der Waals surface area contributed by atoms with Gasteiger partial charge >= 0.3 is 0 Å². The van der Waals surface area contributed by atoms with Gasteiger partial charge in [-0.05, 0) is 18.8 Å². The highest BCUT2D eigenvalue weighted by Gasteiger charge is 2.15. The van der Waals surface area contributed by atoms with Gasteiger partial charge in [0.2, 0.25) is 0 Å². The number of hydrogen-bond acceptors (Lipinski definition) is 3. The third-order valence-electron chi connectivity index (χ3n) is 1.58. The lowest BCUT2D eigenvalue weighted by atomic mass is 10.1. The summed E-state index contributed by atoms with van der Waals surface area (Å²) < 4.78 is 0. The minimum atomic E-state index is -1.05. The molecule has 0 radical (unpaired) electrons. The van der Waals surface area contributed by atoms with Crippen molar-refractivity contribution in [3.05, 3.63) is 12.2 Å². The Morgan fingerprint density at radius 2 is 2.40 bits per heavy atom. The van der Waals surface area contributed by atoms with Crippen molar-refractivity contribution < 1.29 is 15.0 Å². The molecule has 0 saturated carbocycles. The number of carbonyl (C=O) groups is 1. The second-order valence-corrected chi connectivity index (χ2v) is 2.52. The summed E-state index contributed by atoms with van der Waals surface area (Å²) in [5.41, 5.74) is 0. The number of aliphatic hydroxyl groups excluding tert-OH is 1. The van der Waals surface area contributed by atoms with Gasteiger partial charge in [0.15, 0.2) is 0 Å². The topological polar surface area (TPSA) is 60.4 Å². The Balaban J connectivity index is 2.33. The number of rotatable bonds is 2. The average molecular weight is 141 g/mol. The summed E-state index contributed by atoms with van der Waals surface area (Å²) >= 11 is 0. The van der Waals surface area contributed by atoms with Gasteiger partial charge in [0.05, 0.1) is 6.10 Å². The monoisotopic (exact) mass is 141 g/mol. The fourth-order valence-electron chi connectivity index (χ4n) is 1.12. The highest BCUT2D eigenvalue weighted by Crippen LogP contribution is 2.19. The first-order valence-electron chi connectivity index (χ1n) is 3.24. The summed E-state index contributed by atoms with van der Waals surface area (Å²) in [6, 6.07) is 0. The molecule has 2 unspecified atom stereocenters. The number of hydrogen-bond donors (Lipinski definition) is 1. The lowest BCUT2D eigenvalue weighted by Crippen LogP contribution is -2.24. The third-order valence-corrected chi connectivity index (χ3v) is 1.58. The Morgan fingerprint density at radius 1 is 1.70 bits per heavy atom. The van der Waals surface area contributed by atoms with Crippen LogP contribution < -0.4 is 5.11 Å². The highest BCUT2D eigenvalue weighted by molar-refractivity contribution is 5.65. The molecule has 0 amide bonds. The van der Waals surface area contributed by atoms with Crippen LogP contribution >= 0.6 is 0 Å². The second kappa shape index (κ2) is 2.84. The van der Waals surface area contributed by atoms with Gasteiger partial charge in [0.1, 0.15) is 0 Å². The second-order valence-electron chi connectivity index (χ2n) is 2.52. The van der Waals surface area contributed by atoms with Crippen molar-refractivity contribution in [3.63, 3.8) is 0 Å². The zero-order chi connectivity index (χ0) is 7.56. The molecule has 0 aliphatic heterocycles. The van der Waals surface area contributed by atoms with E-state index in [9.17, 15) is 9.90 Å². The van der Waals surface area contributed by atoms with E-state index < -0.39 is 12.1 Å². The van der Waals surface area contributed by atoms with E-state index in [0.29, 0.717) is 6.42 Å². The Bertz CT molecular complexity index is 162. The van der Waals surface area contributed by atoms with Crippen LogP contribution in [0.1, 0.15) is 12.8 Å². The lowest BCUT2D eigenvalue weighted by Gasteiger charge is -2.07. The number of carboxylic acids is 1. The number of aliphatic hydroxyl groups is 1. The van der Waals surface area contributed by atoms with Crippen molar-refractivity contribution in [1.29, 1.82) is 0 Å². The van der Waals surface area contributed by atoms with Crippen LogP contribution in [-0.2, 0) is 4.79 Å². The molecule has 3 nitrogen and oxygen atoms in total. The van der Waals surface area contributed by atoms with Crippen molar-refractivity contribution in [2.24, 2.45) is 5.92 Å². The smallest absolute Gasteiger partial charge is 0.0726 e. The zero-order valence-electron chi connectivity index (χ0n) is 5.49. The maximum Gasteiger partial charge on any atom is 0.0726 e. The fraction of sp³-hybridized carbons (Fsp3) is 0.571. The van der Waals surface area contributed by atoms with E-state index in [1.807, 2.05) is 0 Å². The van der Waals surface area contributed by atoms with Crippen molar-refractivity contribution in [2.75, 3.05) is 0 Å². The van der Waals surface area contributed by atoms with Gasteiger partial charge in [0.25, 0.3) is 0 Å². The van der Waals surface area contributed by atoms with Crippen LogP contribution in [0.5, 0.6) is 0 Å². The Morgan fingerprint density at radius 3 is 2.80 bits per heavy atom. The van der Waals surface area contributed by atoms with Crippen molar-refractivity contribution in [3.8, 4) is 0 Å². The molecular formula is C7H9O3-. The molecule has 0 spiro atoms. The lowest BCUT2D eigenvalue weighted by molar-refractivity contribution is -0.306. The van der Waals surface area contributed by atoms with Crippen molar-refractivity contribution in [1.82, 2.24) is 0 Å². The Kier molecular flexibility index (Phi) is 2.06. The van der Waals surface area contributed by atoms with E-state index in [1.165, 1.54) is 0 Å². The van der Waals surface area contributed by atoms with Crippen LogP contribution in [0.3, 0.4) is 0 Å². The first-order chi connectivity index (χ1) is 4.68. The highest BCUT2D eigenvalue weighted by atomic mass is 16.4. The van der Waals surface area contributed by atoms with Crippen LogP contribution in [0.4, 0.5) is 0 Å². The zero-order valence-corrected chi connectivity index (χ0v) is 5.49. The van der Waals surface area contributed by atoms with Gasteiger partial charge < -0.3 is 15.0 Å². The molecule has 3 heteroatoms. The number of aliphatic carboxylic acids is 1. The summed E-state index contributed by atoms with van der Waals surface area (Å²) in [7, 11) is 0. The maximum absolute atomic E-state index is 10.0. The minimum Gasteiger partial charge on any atom is -0.550 e. The van der Waals surface area contributed by atoms with Crippen LogP contribution in [0.25, 0.3) is 0 Å². The molecule has 0 fully saturated rings. The Labute approximate surface area is 59.0 Å². The molecule has 0 bridgehead atoms. The van der Waals surface area contributed by atoms with Crippen molar-refractivity contribution >= 4 is 5.97 Å². The summed E-state index contributed by atoms with van der Waals surface area (Å²) in [5.74, 6) is -1.08. The fourth-order valence-corrected chi connectivity index (χ4v) is 1.12. The standard InChI is InChI=1S/C7H10O3/c8-6-2-1-5(3-6)4-7(9)10/h1-2,5-6,8H,3-4H2,(H,9,10)/p-1. The molecule has 56 valence electrons. The molecule has 1 N–H and O–H groups in total. The molecule has 0 heterocycles. The summed E-state index contributed by atoms with van der Waals surface area (Å²) in [6.45, 7) is 0. The van der Waals surface area contributed by atoms with Crippen molar-refractivity contribution in [2.45, 2.75) is 18.9 Å². The molecule has 0 aromatic heterocycles. The van der Waals surface area contributed by atoms with E-state index in [1.54, 1.807) is 12.2 Å². The molecule has 1 aliphatic carbocycles. The molecule has 0 saturated heterocycles. The summed E-state index contributed by atoms with van der Waals surface area (Å²) in [5, 5.41) is 18.9. The van der Waals surface area contributed by atoms with Gasteiger partial charge in [-0.1, -0.05) is 12.2 Å². The first kappa shape index (κ1) is 7.28. The van der Waals surface area contributed by atoms with Crippen LogP contribution in [0, 0.1) is 5.92 Å². The predicted octanol–water partition coefficient (Wildman–Crippen LogP) is -0.937. The van der Waals surface area contributed by atoms with Crippen LogP contribution in [0.2, 0.25) is 0 Å². The van der Waals surface area contributed by atoms with Gasteiger partial charge in [-0.25, -0.2) is 0 Å². The van der Waals surface area contributed by atoms with E-state index >= 15 is 0 Å². The number of allylic oxidation sites excluding steroid dienone is 1. The average Bonchev–Trinajstić information content (AvgIpc) is 2.13. The maximum atomic E-state index is 10.0. The van der Waals surface area contributed by atoms with Gasteiger partial charge in [-0.3, -0.25) is 0 Å². The predicted molar refractivity (Wildman–Crippen MR) is 32.9 cm³/mol. The number of carbonyl (C=O) groups excluding carboxylic acids is 1. The minimum absolute atomic E-state index is 0.0214. The number of carboxylic acid groups (broad SMARTS) is 1. The largest absolute Gasteiger partial charge is 0.550 e. The SMILES string of the molecule is O=C([O-])CC1C=CC(O)C1. The van der Waals surface area contributed by atoms with E-state index in [2.05, 4.69) is 0 Å². The van der Waals surface area contributed by atoms with E-state index in [4.69, 9.17) is 5.11 Å². The molecule has 2 atom stereocenters. The summed E-state index contributed by atoms with van der Waals surface area (Å²) in [4.78, 5) is 10.0. The van der Waals surface area contributed by atoms with Crippen LogP contribution in [-0.4, -0.2) is 17.2 Å². The van der Waals surface area contributed by atoms with Gasteiger partial charge in [-0.15, -0.1) is 0 Å². The summed E-state index contributed by atoms with van der Waals surface area (Å²) in [6.07, 6.45) is 3.43. The molecule has 0 aromatic rings. The van der Waals surface area contributed by atoms with Crippen LogP contribution in [0.15, 0.2) is 12.2 Å². The molecule has 10 heavy (non-hydrogen) atoms. The first-order valence-corrected chi connectivity index (χ1v) is 3.24. The van der Waals surface area contributed by atoms with E-state index in [-0.39, 0.29) is 12.3 Å². The quantitative estimate of drug-likeness (QED) is 0.505. The molecular weight excluding hydrogens is 132 g/mol.